The van der Waals surface area contributed by atoms with Gasteiger partial charge in [0.1, 0.15) is 5.69 Å². The van der Waals surface area contributed by atoms with Crippen molar-refractivity contribution in [3.8, 4) is 0 Å². The zero-order valence-corrected chi connectivity index (χ0v) is 11.5. The largest absolute Gasteiger partial charge is 0.349 e. The van der Waals surface area contributed by atoms with Gasteiger partial charge in [-0.15, -0.1) is 0 Å². The number of hydrogen-bond acceptors (Lipinski definition) is 4. The summed E-state index contributed by atoms with van der Waals surface area (Å²) in [6.07, 6.45) is 1.39. The Morgan fingerprint density at radius 2 is 2.16 bits per heavy atom. The quantitative estimate of drug-likeness (QED) is 0.443. The summed E-state index contributed by atoms with van der Waals surface area (Å²) in [5.74, 6) is -0.292. The minimum Gasteiger partial charge on any atom is -0.349 e. The van der Waals surface area contributed by atoms with E-state index < -0.39 is 4.92 Å². The lowest BCUT2D eigenvalue weighted by molar-refractivity contribution is -0.384. The minimum atomic E-state index is -0.492. The molecule has 0 unspecified atom stereocenters. The summed E-state index contributed by atoms with van der Waals surface area (Å²) < 4.78 is 1.61. The molecule has 0 bridgehead atoms. The Kier molecular flexibility index (Phi) is 5.50. The van der Waals surface area contributed by atoms with Crippen LogP contribution in [0.15, 0.2) is 12.3 Å². The van der Waals surface area contributed by atoms with Gasteiger partial charge in [-0.3, -0.25) is 14.9 Å². The maximum Gasteiger partial charge on any atom is 0.287 e. The first-order valence-electron chi connectivity index (χ1n) is 6.32. The van der Waals surface area contributed by atoms with E-state index in [0.717, 1.165) is 6.54 Å². The lowest BCUT2D eigenvalue weighted by Gasteiger charge is -2.12. The van der Waals surface area contributed by atoms with Crippen LogP contribution in [0.5, 0.6) is 0 Å². The molecule has 7 heteroatoms. The van der Waals surface area contributed by atoms with Gasteiger partial charge in [0.25, 0.3) is 11.6 Å². The highest BCUT2D eigenvalue weighted by Crippen LogP contribution is 2.20. The molecule has 1 amide bonds. The fourth-order valence-corrected chi connectivity index (χ4v) is 1.71. The SMILES string of the molecule is CCNCCNC(=O)c1cc([N+](=O)[O-])cn1C(C)C. The minimum absolute atomic E-state index is 0.0109. The second-order valence-corrected chi connectivity index (χ2v) is 4.45. The van der Waals surface area contributed by atoms with Crippen LogP contribution in [0.3, 0.4) is 0 Å². The normalized spacial score (nSPS) is 10.7. The number of carbonyl (C=O) groups excluding carboxylic acids is 1. The van der Waals surface area contributed by atoms with Gasteiger partial charge in [0, 0.05) is 25.2 Å². The molecule has 1 heterocycles. The molecule has 1 aromatic heterocycles. The summed E-state index contributed by atoms with van der Waals surface area (Å²) >= 11 is 0. The molecule has 0 saturated carbocycles. The van der Waals surface area contributed by atoms with Gasteiger partial charge in [-0.25, -0.2) is 0 Å². The van der Waals surface area contributed by atoms with Crippen LogP contribution in [0.1, 0.15) is 37.3 Å². The van der Waals surface area contributed by atoms with Crippen molar-refractivity contribution in [2.45, 2.75) is 26.8 Å². The van der Waals surface area contributed by atoms with E-state index in [1.807, 2.05) is 20.8 Å². The van der Waals surface area contributed by atoms with Gasteiger partial charge < -0.3 is 15.2 Å². The molecule has 0 atom stereocenters. The zero-order chi connectivity index (χ0) is 14.4. The van der Waals surface area contributed by atoms with Crippen molar-refractivity contribution >= 4 is 11.6 Å². The number of nitrogens with one attached hydrogen (secondary N) is 2. The van der Waals surface area contributed by atoms with E-state index in [-0.39, 0.29) is 17.6 Å². The molecule has 0 radical (unpaired) electrons. The van der Waals surface area contributed by atoms with Crippen LogP contribution >= 0.6 is 0 Å². The molecule has 7 nitrogen and oxygen atoms in total. The smallest absolute Gasteiger partial charge is 0.287 e. The number of amides is 1. The summed E-state index contributed by atoms with van der Waals surface area (Å²) in [4.78, 5) is 22.3. The van der Waals surface area contributed by atoms with Gasteiger partial charge in [0.05, 0.1) is 11.1 Å². The maximum atomic E-state index is 12.0. The van der Waals surface area contributed by atoms with E-state index in [4.69, 9.17) is 0 Å². The molecule has 1 aromatic rings. The fraction of sp³-hybridized carbons (Fsp3) is 0.583. The molecule has 19 heavy (non-hydrogen) atoms. The Hall–Kier alpha value is -1.89. The van der Waals surface area contributed by atoms with E-state index in [2.05, 4.69) is 10.6 Å². The third-order valence-corrected chi connectivity index (χ3v) is 2.67. The van der Waals surface area contributed by atoms with Crippen molar-refractivity contribution in [3.05, 3.63) is 28.1 Å². The lowest BCUT2D eigenvalue weighted by atomic mass is 10.3. The highest BCUT2D eigenvalue weighted by Gasteiger charge is 2.20. The molecule has 1 rings (SSSR count). The predicted octanol–water partition coefficient (Wildman–Crippen LogP) is 1.32. The Bertz CT molecular complexity index is 454. The van der Waals surface area contributed by atoms with Crippen molar-refractivity contribution in [2.24, 2.45) is 0 Å². The third-order valence-electron chi connectivity index (χ3n) is 2.67. The molecule has 106 valence electrons. The summed E-state index contributed by atoms with van der Waals surface area (Å²) in [7, 11) is 0. The number of rotatable bonds is 7. The molecular weight excluding hydrogens is 248 g/mol. The van der Waals surface area contributed by atoms with Gasteiger partial charge in [-0.05, 0) is 20.4 Å². The second-order valence-electron chi connectivity index (χ2n) is 4.45. The van der Waals surface area contributed by atoms with E-state index in [1.165, 1.54) is 12.3 Å². The van der Waals surface area contributed by atoms with Crippen molar-refractivity contribution < 1.29 is 9.72 Å². The van der Waals surface area contributed by atoms with Gasteiger partial charge in [0.15, 0.2) is 0 Å². The monoisotopic (exact) mass is 268 g/mol. The summed E-state index contributed by atoms with van der Waals surface area (Å²) in [5, 5.41) is 16.6. The molecular formula is C12H20N4O3. The van der Waals surface area contributed by atoms with E-state index in [9.17, 15) is 14.9 Å². The molecule has 0 aliphatic carbocycles. The summed E-state index contributed by atoms with van der Waals surface area (Å²) in [5.41, 5.74) is 0.253. The Labute approximate surface area is 112 Å². The molecule has 0 fully saturated rings. The average Bonchev–Trinajstić information content (AvgIpc) is 2.79. The molecule has 0 aliphatic rings. The molecule has 2 N–H and O–H groups in total. The standard InChI is InChI=1S/C12H20N4O3/c1-4-13-5-6-14-12(17)11-7-10(16(18)19)8-15(11)9(2)3/h7-9,13H,4-6H2,1-3H3,(H,14,17). The summed E-state index contributed by atoms with van der Waals surface area (Å²) in [6, 6.07) is 1.30. The van der Waals surface area contributed by atoms with Crippen LogP contribution in [0, 0.1) is 10.1 Å². The molecule has 0 saturated heterocycles. The van der Waals surface area contributed by atoms with Crippen molar-refractivity contribution in [2.75, 3.05) is 19.6 Å². The third kappa shape index (κ3) is 4.06. The van der Waals surface area contributed by atoms with Crippen LogP contribution in [-0.2, 0) is 0 Å². The number of hydrogen-bond donors (Lipinski definition) is 2. The van der Waals surface area contributed by atoms with Crippen LogP contribution in [-0.4, -0.2) is 35.0 Å². The number of aromatic nitrogens is 1. The van der Waals surface area contributed by atoms with Gasteiger partial charge in [-0.1, -0.05) is 6.92 Å². The topological polar surface area (TPSA) is 89.2 Å². The number of nitrogens with zero attached hydrogens (tertiary/aromatic N) is 2. The first-order chi connectivity index (χ1) is 8.97. The second kappa shape index (κ2) is 6.89. The van der Waals surface area contributed by atoms with Crippen molar-refractivity contribution in [1.82, 2.24) is 15.2 Å². The zero-order valence-electron chi connectivity index (χ0n) is 11.5. The summed E-state index contributed by atoms with van der Waals surface area (Å²) in [6.45, 7) is 7.73. The van der Waals surface area contributed by atoms with E-state index in [0.29, 0.717) is 18.8 Å². The van der Waals surface area contributed by atoms with Crippen LogP contribution in [0.2, 0.25) is 0 Å². The maximum absolute atomic E-state index is 12.0. The highest BCUT2D eigenvalue weighted by atomic mass is 16.6. The fourth-order valence-electron chi connectivity index (χ4n) is 1.71. The predicted molar refractivity (Wildman–Crippen MR) is 72.3 cm³/mol. The van der Waals surface area contributed by atoms with Crippen LogP contribution < -0.4 is 10.6 Å². The van der Waals surface area contributed by atoms with Crippen LogP contribution in [0.4, 0.5) is 5.69 Å². The van der Waals surface area contributed by atoms with E-state index in [1.54, 1.807) is 4.57 Å². The van der Waals surface area contributed by atoms with Gasteiger partial charge >= 0.3 is 0 Å². The molecule has 0 aliphatic heterocycles. The number of nitro groups is 1. The first kappa shape index (κ1) is 15.2. The lowest BCUT2D eigenvalue weighted by Crippen LogP contribution is -2.33. The van der Waals surface area contributed by atoms with E-state index >= 15 is 0 Å². The number of likely N-dealkylation sites (N-methyl/N-ethyl adjacent to an activating group) is 1. The highest BCUT2D eigenvalue weighted by molar-refractivity contribution is 5.93. The van der Waals surface area contributed by atoms with Crippen molar-refractivity contribution in [3.63, 3.8) is 0 Å². The Morgan fingerprint density at radius 3 is 2.68 bits per heavy atom. The van der Waals surface area contributed by atoms with Gasteiger partial charge in [-0.2, -0.15) is 0 Å². The Morgan fingerprint density at radius 1 is 1.47 bits per heavy atom. The first-order valence-corrected chi connectivity index (χ1v) is 6.32. The molecule has 0 aromatic carbocycles. The number of carbonyl (C=O) groups is 1. The van der Waals surface area contributed by atoms with Gasteiger partial charge in [0.2, 0.25) is 0 Å². The van der Waals surface area contributed by atoms with Crippen LogP contribution in [0.25, 0.3) is 0 Å². The van der Waals surface area contributed by atoms with Crippen molar-refractivity contribution in [1.29, 1.82) is 0 Å². The molecule has 0 spiro atoms. The average molecular weight is 268 g/mol. The Balaban J connectivity index is 2.80.